The fourth-order valence-corrected chi connectivity index (χ4v) is 2.50. The zero-order valence-electron chi connectivity index (χ0n) is 9.24. The molecule has 1 aliphatic heterocycles. The fourth-order valence-electron chi connectivity index (χ4n) is 1.96. The summed E-state index contributed by atoms with van der Waals surface area (Å²) in [5.74, 6) is 0.255. The Bertz CT molecular complexity index is 394. The van der Waals surface area contributed by atoms with Crippen molar-refractivity contribution in [2.24, 2.45) is 0 Å². The van der Waals surface area contributed by atoms with E-state index in [0.717, 1.165) is 18.7 Å². The van der Waals surface area contributed by atoms with Crippen molar-refractivity contribution < 1.29 is 4.79 Å². The van der Waals surface area contributed by atoms with Gasteiger partial charge in [0.2, 0.25) is 5.91 Å². The van der Waals surface area contributed by atoms with Crippen molar-refractivity contribution in [3.8, 4) is 0 Å². The van der Waals surface area contributed by atoms with Crippen LogP contribution in [-0.2, 0) is 4.79 Å². The number of anilines is 1. The van der Waals surface area contributed by atoms with Gasteiger partial charge in [-0.2, -0.15) is 0 Å². The van der Waals surface area contributed by atoms with Crippen LogP contribution in [0.1, 0.15) is 19.8 Å². The van der Waals surface area contributed by atoms with E-state index in [-0.39, 0.29) is 12.1 Å². The number of halogens is 1. The van der Waals surface area contributed by atoms with Gasteiger partial charge in [0, 0.05) is 22.2 Å². The molecule has 1 atom stereocenters. The number of carbonyl (C=O) groups excluding carboxylic acids is 1. The standard InChI is InChI=1S/C12H15IN2O/c1-9(15-8-4-7-12(15)16)14-11-6-3-2-5-10(11)13/h2-3,5-6,9,14H,4,7-8H2,1H3. The first kappa shape index (κ1) is 11.7. The maximum absolute atomic E-state index is 11.6. The third-order valence-electron chi connectivity index (χ3n) is 2.82. The highest BCUT2D eigenvalue weighted by molar-refractivity contribution is 14.1. The minimum absolute atomic E-state index is 0.0749. The maximum Gasteiger partial charge on any atom is 0.224 e. The molecule has 0 aliphatic carbocycles. The molecule has 2 rings (SSSR count). The van der Waals surface area contributed by atoms with Gasteiger partial charge in [0.05, 0.1) is 6.17 Å². The molecule has 0 saturated carbocycles. The summed E-state index contributed by atoms with van der Waals surface area (Å²) in [6.07, 6.45) is 1.75. The van der Waals surface area contributed by atoms with Crippen LogP contribution in [-0.4, -0.2) is 23.5 Å². The lowest BCUT2D eigenvalue weighted by Gasteiger charge is -2.26. The first-order valence-electron chi connectivity index (χ1n) is 5.49. The minimum Gasteiger partial charge on any atom is -0.364 e. The van der Waals surface area contributed by atoms with E-state index in [2.05, 4.69) is 34.0 Å². The number of carbonyl (C=O) groups is 1. The lowest BCUT2D eigenvalue weighted by Crippen LogP contribution is -2.39. The SMILES string of the molecule is CC(Nc1ccccc1I)N1CCCC1=O. The average Bonchev–Trinajstić information content (AvgIpc) is 2.68. The predicted octanol–water partition coefficient (Wildman–Crippen LogP) is 2.67. The monoisotopic (exact) mass is 330 g/mol. The molecule has 1 heterocycles. The van der Waals surface area contributed by atoms with Gasteiger partial charge >= 0.3 is 0 Å². The number of rotatable bonds is 3. The highest BCUT2D eigenvalue weighted by Crippen LogP contribution is 2.20. The number of amides is 1. The highest BCUT2D eigenvalue weighted by atomic mass is 127. The Balaban J connectivity index is 2.04. The van der Waals surface area contributed by atoms with Crippen molar-refractivity contribution in [2.75, 3.05) is 11.9 Å². The highest BCUT2D eigenvalue weighted by Gasteiger charge is 2.24. The normalized spacial score (nSPS) is 17.6. The lowest BCUT2D eigenvalue weighted by molar-refractivity contribution is -0.128. The molecule has 1 N–H and O–H groups in total. The number of hydrogen-bond donors (Lipinski definition) is 1. The molecular formula is C12H15IN2O. The quantitative estimate of drug-likeness (QED) is 0.865. The molecule has 1 fully saturated rings. The number of hydrogen-bond acceptors (Lipinski definition) is 2. The Kier molecular flexibility index (Phi) is 3.68. The van der Waals surface area contributed by atoms with E-state index in [4.69, 9.17) is 0 Å². The zero-order chi connectivity index (χ0) is 11.5. The van der Waals surface area contributed by atoms with Crippen LogP contribution in [0.25, 0.3) is 0 Å². The molecule has 1 unspecified atom stereocenters. The largest absolute Gasteiger partial charge is 0.364 e. The second kappa shape index (κ2) is 5.03. The van der Waals surface area contributed by atoms with Gasteiger partial charge < -0.3 is 10.2 Å². The van der Waals surface area contributed by atoms with Crippen molar-refractivity contribution in [1.82, 2.24) is 4.90 Å². The van der Waals surface area contributed by atoms with Crippen molar-refractivity contribution in [3.63, 3.8) is 0 Å². The summed E-state index contributed by atoms with van der Waals surface area (Å²) in [6, 6.07) is 8.11. The Hall–Kier alpha value is -0.780. The first-order valence-corrected chi connectivity index (χ1v) is 6.57. The van der Waals surface area contributed by atoms with Gasteiger partial charge in [-0.1, -0.05) is 12.1 Å². The van der Waals surface area contributed by atoms with Crippen LogP contribution >= 0.6 is 22.6 Å². The molecular weight excluding hydrogens is 315 g/mol. The molecule has 1 aliphatic rings. The summed E-state index contributed by atoms with van der Waals surface area (Å²) < 4.78 is 1.18. The Morgan fingerprint density at radius 1 is 1.44 bits per heavy atom. The smallest absolute Gasteiger partial charge is 0.224 e. The van der Waals surface area contributed by atoms with Crippen molar-refractivity contribution in [2.45, 2.75) is 25.9 Å². The summed E-state index contributed by atoms with van der Waals surface area (Å²) in [7, 11) is 0. The molecule has 1 saturated heterocycles. The second-order valence-electron chi connectivity index (χ2n) is 3.99. The van der Waals surface area contributed by atoms with E-state index in [1.165, 1.54) is 3.57 Å². The van der Waals surface area contributed by atoms with Gasteiger partial charge in [0.15, 0.2) is 0 Å². The van der Waals surface area contributed by atoms with Crippen molar-refractivity contribution >= 4 is 34.2 Å². The van der Waals surface area contributed by atoms with Gasteiger partial charge in [-0.25, -0.2) is 0 Å². The summed E-state index contributed by atoms with van der Waals surface area (Å²) >= 11 is 2.30. The van der Waals surface area contributed by atoms with Gasteiger partial charge in [0.1, 0.15) is 0 Å². The zero-order valence-corrected chi connectivity index (χ0v) is 11.4. The van der Waals surface area contributed by atoms with Crippen LogP contribution in [0.5, 0.6) is 0 Å². The van der Waals surface area contributed by atoms with Crippen LogP contribution in [0, 0.1) is 3.57 Å². The molecule has 1 aromatic carbocycles. The van der Waals surface area contributed by atoms with Crippen LogP contribution in [0.3, 0.4) is 0 Å². The number of nitrogens with zero attached hydrogens (tertiary/aromatic N) is 1. The minimum atomic E-state index is 0.0749. The number of benzene rings is 1. The Labute approximate surface area is 109 Å². The molecule has 1 amide bonds. The van der Waals surface area contributed by atoms with E-state index >= 15 is 0 Å². The van der Waals surface area contributed by atoms with Crippen LogP contribution in [0.4, 0.5) is 5.69 Å². The van der Waals surface area contributed by atoms with Crippen LogP contribution in [0.15, 0.2) is 24.3 Å². The molecule has 4 heteroatoms. The summed E-state index contributed by atoms with van der Waals surface area (Å²) in [5, 5.41) is 3.38. The molecule has 0 bridgehead atoms. The maximum atomic E-state index is 11.6. The van der Waals surface area contributed by atoms with Crippen LogP contribution < -0.4 is 5.32 Å². The summed E-state index contributed by atoms with van der Waals surface area (Å²) in [4.78, 5) is 13.5. The molecule has 0 radical (unpaired) electrons. The molecule has 0 aromatic heterocycles. The van der Waals surface area contributed by atoms with E-state index in [9.17, 15) is 4.79 Å². The number of likely N-dealkylation sites (tertiary alicyclic amines) is 1. The summed E-state index contributed by atoms with van der Waals surface area (Å²) in [6.45, 7) is 2.91. The Morgan fingerprint density at radius 3 is 2.81 bits per heavy atom. The average molecular weight is 330 g/mol. The molecule has 3 nitrogen and oxygen atoms in total. The van der Waals surface area contributed by atoms with E-state index in [1.54, 1.807) is 0 Å². The van der Waals surface area contributed by atoms with Crippen molar-refractivity contribution in [3.05, 3.63) is 27.8 Å². The van der Waals surface area contributed by atoms with Gasteiger partial charge in [0.25, 0.3) is 0 Å². The van der Waals surface area contributed by atoms with Crippen LogP contribution in [0.2, 0.25) is 0 Å². The van der Waals surface area contributed by atoms with E-state index in [0.29, 0.717) is 6.42 Å². The number of para-hydroxylation sites is 1. The first-order chi connectivity index (χ1) is 7.68. The van der Waals surface area contributed by atoms with Crippen molar-refractivity contribution in [1.29, 1.82) is 0 Å². The lowest BCUT2D eigenvalue weighted by atomic mass is 10.3. The molecule has 1 aromatic rings. The third-order valence-corrected chi connectivity index (χ3v) is 3.76. The second-order valence-corrected chi connectivity index (χ2v) is 5.15. The third kappa shape index (κ3) is 2.48. The molecule has 16 heavy (non-hydrogen) atoms. The van der Waals surface area contributed by atoms with Gasteiger partial charge in [-0.15, -0.1) is 0 Å². The van der Waals surface area contributed by atoms with Gasteiger partial charge in [-0.3, -0.25) is 4.79 Å². The molecule has 86 valence electrons. The van der Waals surface area contributed by atoms with Gasteiger partial charge in [-0.05, 0) is 48.1 Å². The fraction of sp³-hybridized carbons (Fsp3) is 0.417. The topological polar surface area (TPSA) is 32.3 Å². The molecule has 0 spiro atoms. The van der Waals surface area contributed by atoms with E-state index in [1.807, 2.05) is 30.0 Å². The number of nitrogens with one attached hydrogen (secondary N) is 1. The van der Waals surface area contributed by atoms with E-state index < -0.39 is 0 Å². The Morgan fingerprint density at radius 2 is 2.19 bits per heavy atom. The summed E-state index contributed by atoms with van der Waals surface area (Å²) in [5.41, 5.74) is 1.09. The predicted molar refractivity (Wildman–Crippen MR) is 73.2 cm³/mol.